The molecule has 1 aromatic carbocycles. The van der Waals surface area contributed by atoms with E-state index in [4.69, 9.17) is 5.41 Å². The van der Waals surface area contributed by atoms with E-state index in [-0.39, 0.29) is 29.0 Å². The van der Waals surface area contributed by atoms with Gasteiger partial charge in [0.05, 0.1) is 5.69 Å². The first-order chi connectivity index (χ1) is 10.0. The Morgan fingerprint density at radius 3 is 2.50 bits per heavy atom. The minimum atomic E-state index is -4.62. The molecule has 3 nitrogen and oxygen atoms in total. The van der Waals surface area contributed by atoms with E-state index in [0.717, 1.165) is 12.1 Å². The van der Waals surface area contributed by atoms with Gasteiger partial charge in [0.25, 0.3) is 0 Å². The number of anilines is 1. The molecule has 1 aliphatic rings. The quantitative estimate of drug-likeness (QED) is 0.380. The maximum Gasteiger partial charge on any atom is 0.433 e. The first kappa shape index (κ1) is 17.0. The minimum Gasteiger partial charge on any atom is -0.611 e. The molecule has 1 unspecified atom stereocenters. The highest BCUT2D eigenvalue weighted by Gasteiger charge is 2.48. The SMILES string of the molecule is Cc1cc(F)c(NC(=N)C2(F)CC2)cc1[S+]([O-])CC(F)(F)F. The Morgan fingerprint density at radius 1 is 1.41 bits per heavy atom. The van der Waals surface area contributed by atoms with Gasteiger partial charge in [-0.25, -0.2) is 8.78 Å². The number of nitrogens with one attached hydrogen (secondary N) is 2. The highest BCUT2D eigenvalue weighted by molar-refractivity contribution is 7.91. The smallest absolute Gasteiger partial charge is 0.433 e. The number of benzene rings is 1. The van der Waals surface area contributed by atoms with Crippen molar-refractivity contribution in [3.63, 3.8) is 0 Å². The fraction of sp³-hybridized carbons (Fsp3) is 0.462. The predicted octanol–water partition coefficient (Wildman–Crippen LogP) is 3.70. The van der Waals surface area contributed by atoms with Gasteiger partial charge in [0.2, 0.25) is 5.75 Å². The van der Waals surface area contributed by atoms with Gasteiger partial charge in [0.1, 0.15) is 11.7 Å². The summed E-state index contributed by atoms with van der Waals surface area (Å²) in [5.41, 5.74) is -2.09. The zero-order valence-corrected chi connectivity index (χ0v) is 12.3. The van der Waals surface area contributed by atoms with E-state index in [9.17, 15) is 26.5 Å². The molecule has 1 fully saturated rings. The van der Waals surface area contributed by atoms with Crippen molar-refractivity contribution < 1.29 is 26.5 Å². The second kappa shape index (κ2) is 5.69. The van der Waals surface area contributed by atoms with Gasteiger partial charge in [0, 0.05) is 11.6 Å². The summed E-state index contributed by atoms with van der Waals surface area (Å²) in [5, 5.41) is 9.72. The zero-order valence-electron chi connectivity index (χ0n) is 11.5. The van der Waals surface area contributed by atoms with Crippen LogP contribution in [0, 0.1) is 18.2 Å². The molecule has 22 heavy (non-hydrogen) atoms. The Morgan fingerprint density at radius 2 is 2.00 bits per heavy atom. The summed E-state index contributed by atoms with van der Waals surface area (Å²) >= 11 is -2.40. The van der Waals surface area contributed by atoms with Gasteiger partial charge < -0.3 is 9.87 Å². The standard InChI is InChI=1S/C13H13F5N2OS/c1-7-4-8(14)9(20-11(19)12(15)2-3-12)5-10(7)22(21)6-13(16,17)18/h4-5H,2-3,6H2,1H3,(H2,19,20). The van der Waals surface area contributed by atoms with E-state index < -0.39 is 40.4 Å². The molecule has 1 saturated carbocycles. The van der Waals surface area contributed by atoms with Crippen molar-refractivity contribution in [2.24, 2.45) is 0 Å². The number of alkyl halides is 4. The molecule has 2 rings (SSSR count). The Balaban J connectivity index is 2.24. The molecule has 0 aliphatic heterocycles. The Hall–Kier alpha value is -1.35. The van der Waals surface area contributed by atoms with E-state index >= 15 is 0 Å². The molecule has 0 saturated heterocycles. The van der Waals surface area contributed by atoms with E-state index in [2.05, 4.69) is 5.32 Å². The molecular weight excluding hydrogens is 327 g/mol. The highest BCUT2D eigenvalue weighted by Crippen LogP contribution is 2.41. The van der Waals surface area contributed by atoms with Crippen molar-refractivity contribution in [2.45, 2.75) is 36.5 Å². The molecule has 0 amide bonds. The van der Waals surface area contributed by atoms with Gasteiger partial charge in [-0.3, -0.25) is 5.41 Å². The number of rotatable bonds is 4. The maximum atomic E-state index is 13.8. The van der Waals surface area contributed by atoms with Gasteiger partial charge in [-0.1, -0.05) is 0 Å². The molecule has 1 aromatic rings. The lowest BCUT2D eigenvalue weighted by Crippen LogP contribution is -2.26. The Labute approximate surface area is 126 Å². The number of hydrogen-bond acceptors (Lipinski definition) is 2. The van der Waals surface area contributed by atoms with Crippen LogP contribution in [-0.2, 0) is 11.2 Å². The highest BCUT2D eigenvalue weighted by atomic mass is 32.2. The fourth-order valence-electron chi connectivity index (χ4n) is 1.83. The average Bonchev–Trinajstić information content (AvgIpc) is 3.09. The number of aryl methyl sites for hydroxylation is 1. The number of hydrogen-bond donors (Lipinski definition) is 2. The van der Waals surface area contributed by atoms with Crippen molar-refractivity contribution in [1.29, 1.82) is 5.41 Å². The number of halogens is 5. The van der Waals surface area contributed by atoms with E-state index in [0.29, 0.717) is 0 Å². The topological polar surface area (TPSA) is 58.9 Å². The van der Waals surface area contributed by atoms with Crippen molar-refractivity contribution in [3.8, 4) is 0 Å². The molecule has 1 aliphatic carbocycles. The fourth-order valence-corrected chi connectivity index (χ4v) is 2.95. The molecule has 2 N–H and O–H groups in total. The summed E-state index contributed by atoms with van der Waals surface area (Å²) < 4.78 is 76.1. The molecule has 0 aromatic heterocycles. The van der Waals surface area contributed by atoms with Crippen LogP contribution in [0.3, 0.4) is 0 Å². The van der Waals surface area contributed by atoms with Gasteiger partial charge in [-0.2, -0.15) is 13.2 Å². The predicted molar refractivity (Wildman–Crippen MR) is 72.9 cm³/mol. The summed E-state index contributed by atoms with van der Waals surface area (Å²) in [5.74, 6) is -2.95. The summed E-state index contributed by atoms with van der Waals surface area (Å²) in [4.78, 5) is -0.197. The minimum absolute atomic E-state index is 0.0959. The van der Waals surface area contributed by atoms with Gasteiger partial charge in [0.15, 0.2) is 10.6 Å². The third kappa shape index (κ3) is 3.89. The largest absolute Gasteiger partial charge is 0.611 e. The molecule has 1 atom stereocenters. The van der Waals surface area contributed by atoms with E-state index in [1.807, 2.05) is 0 Å². The molecular formula is C13H13F5N2OS. The van der Waals surface area contributed by atoms with Crippen molar-refractivity contribution in [1.82, 2.24) is 0 Å². The van der Waals surface area contributed by atoms with Crippen LogP contribution in [-0.4, -0.2) is 28.0 Å². The summed E-state index contributed by atoms with van der Waals surface area (Å²) in [6.07, 6.45) is -4.35. The third-order valence-corrected chi connectivity index (χ3v) is 4.72. The van der Waals surface area contributed by atoms with Crippen molar-refractivity contribution in [3.05, 3.63) is 23.5 Å². The molecule has 0 spiro atoms. The van der Waals surface area contributed by atoms with Gasteiger partial charge in [-0.15, -0.1) is 0 Å². The molecule has 0 heterocycles. The monoisotopic (exact) mass is 340 g/mol. The second-order valence-electron chi connectivity index (χ2n) is 5.17. The first-order valence-corrected chi connectivity index (χ1v) is 7.64. The van der Waals surface area contributed by atoms with Crippen LogP contribution in [0.1, 0.15) is 18.4 Å². The zero-order chi connectivity index (χ0) is 16.7. The van der Waals surface area contributed by atoms with Gasteiger partial charge in [-0.05, 0) is 37.0 Å². The van der Waals surface area contributed by atoms with Crippen LogP contribution < -0.4 is 5.32 Å². The van der Waals surface area contributed by atoms with Crippen LogP contribution in [0.5, 0.6) is 0 Å². The lowest BCUT2D eigenvalue weighted by molar-refractivity contribution is -0.106. The lowest BCUT2D eigenvalue weighted by Gasteiger charge is -2.17. The maximum absolute atomic E-state index is 13.8. The molecule has 0 radical (unpaired) electrons. The second-order valence-corrected chi connectivity index (χ2v) is 6.59. The summed E-state index contributed by atoms with van der Waals surface area (Å²) in [7, 11) is 0. The van der Waals surface area contributed by atoms with Crippen LogP contribution in [0.15, 0.2) is 17.0 Å². The van der Waals surface area contributed by atoms with Crippen molar-refractivity contribution >= 4 is 22.7 Å². The van der Waals surface area contributed by atoms with E-state index in [1.165, 1.54) is 6.92 Å². The average molecular weight is 340 g/mol. The molecule has 122 valence electrons. The van der Waals surface area contributed by atoms with Crippen LogP contribution >= 0.6 is 0 Å². The Bertz CT molecular complexity index is 601. The Kier molecular flexibility index (Phi) is 4.40. The van der Waals surface area contributed by atoms with E-state index in [1.54, 1.807) is 0 Å². The van der Waals surface area contributed by atoms with Crippen LogP contribution in [0.25, 0.3) is 0 Å². The van der Waals surface area contributed by atoms with Crippen LogP contribution in [0.4, 0.5) is 27.6 Å². The third-order valence-electron chi connectivity index (χ3n) is 3.20. The normalized spacial score (nSPS) is 18.0. The van der Waals surface area contributed by atoms with Crippen molar-refractivity contribution in [2.75, 3.05) is 11.1 Å². The van der Waals surface area contributed by atoms with Crippen LogP contribution in [0.2, 0.25) is 0 Å². The first-order valence-electron chi connectivity index (χ1n) is 6.32. The molecule has 9 heteroatoms. The summed E-state index contributed by atoms with van der Waals surface area (Å²) in [6, 6.07) is 1.85. The summed E-state index contributed by atoms with van der Waals surface area (Å²) in [6.45, 7) is 1.33. The molecule has 0 bridgehead atoms. The van der Waals surface area contributed by atoms with Gasteiger partial charge >= 0.3 is 6.18 Å². The lowest BCUT2D eigenvalue weighted by atomic mass is 10.2. The number of amidine groups is 1.